The number of piperidine rings is 1. The van der Waals surface area contributed by atoms with E-state index in [1.54, 1.807) is 0 Å². The third-order valence-corrected chi connectivity index (χ3v) is 3.64. The van der Waals surface area contributed by atoms with E-state index in [1.807, 2.05) is 18.2 Å². The van der Waals surface area contributed by atoms with Crippen molar-refractivity contribution in [3.63, 3.8) is 0 Å². The Balaban J connectivity index is 1.92. The molecule has 5 nitrogen and oxygen atoms in total. The van der Waals surface area contributed by atoms with Crippen LogP contribution in [0.4, 0.5) is 11.6 Å². The highest BCUT2D eigenvalue weighted by Crippen LogP contribution is 2.20. The molecule has 0 radical (unpaired) electrons. The van der Waals surface area contributed by atoms with Crippen LogP contribution >= 0.6 is 0 Å². The molecule has 100 valence electrons. The van der Waals surface area contributed by atoms with E-state index in [4.69, 9.17) is 5.84 Å². The average Bonchev–Trinajstić information content (AvgIpc) is 2.41. The number of anilines is 2. The van der Waals surface area contributed by atoms with Gasteiger partial charge in [-0.05, 0) is 51.0 Å². The molecular weight excluding hydrogens is 226 g/mol. The first-order valence-corrected chi connectivity index (χ1v) is 6.52. The van der Waals surface area contributed by atoms with Crippen LogP contribution in [0.1, 0.15) is 12.8 Å². The fraction of sp³-hybridized carbons (Fsp3) is 0.615. The van der Waals surface area contributed by atoms with Gasteiger partial charge in [0.15, 0.2) is 0 Å². The first kappa shape index (κ1) is 13.1. The molecule has 0 bridgehead atoms. The highest BCUT2D eigenvalue weighted by atomic mass is 15.3. The predicted molar refractivity (Wildman–Crippen MR) is 75.5 cm³/mol. The van der Waals surface area contributed by atoms with Gasteiger partial charge in [-0.1, -0.05) is 6.07 Å². The molecule has 3 N–H and O–H groups in total. The number of nitrogens with one attached hydrogen (secondary N) is 1. The van der Waals surface area contributed by atoms with Crippen LogP contribution in [0.2, 0.25) is 0 Å². The number of rotatable bonds is 4. The second kappa shape index (κ2) is 6.02. The smallest absolute Gasteiger partial charge is 0.142 e. The van der Waals surface area contributed by atoms with Crippen molar-refractivity contribution >= 4 is 11.6 Å². The van der Waals surface area contributed by atoms with Crippen LogP contribution in [0.25, 0.3) is 0 Å². The van der Waals surface area contributed by atoms with E-state index in [0.717, 1.165) is 18.3 Å². The lowest BCUT2D eigenvalue weighted by atomic mass is 9.97. The first-order chi connectivity index (χ1) is 8.69. The standard InChI is InChI=1S/C13H23N5/c1-17-8-6-11(7-9-17)10-18(2)13-5-3-4-12(15-13)16-14/h3-5,11H,6-10,14H2,1-2H3,(H,15,16). The lowest BCUT2D eigenvalue weighted by molar-refractivity contribution is 0.222. The second-order valence-electron chi connectivity index (χ2n) is 5.15. The summed E-state index contributed by atoms with van der Waals surface area (Å²) in [6.07, 6.45) is 2.55. The van der Waals surface area contributed by atoms with E-state index < -0.39 is 0 Å². The first-order valence-electron chi connectivity index (χ1n) is 6.52. The Kier molecular flexibility index (Phi) is 4.38. The molecule has 2 heterocycles. The molecule has 1 aliphatic rings. The minimum absolute atomic E-state index is 0.711. The van der Waals surface area contributed by atoms with Crippen molar-refractivity contribution < 1.29 is 0 Å². The zero-order chi connectivity index (χ0) is 13.0. The summed E-state index contributed by atoms with van der Waals surface area (Å²) in [6, 6.07) is 5.87. The zero-order valence-electron chi connectivity index (χ0n) is 11.3. The van der Waals surface area contributed by atoms with Gasteiger partial charge in [0.2, 0.25) is 0 Å². The number of hydrogen-bond acceptors (Lipinski definition) is 5. The van der Waals surface area contributed by atoms with Crippen LogP contribution in [0.3, 0.4) is 0 Å². The molecule has 0 amide bonds. The van der Waals surface area contributed by atoms with Crippen molar-refractivity contribution in [1.29, 1.82) is 0 Å². The van der Waals surface area contributed by atoms with E-state index in [1.165, 1.54) is 25.9 Å². The number of nitrogens with two attached hydrogens (primary N) is 1. The van der Waals surface area contributed by atoms with Crippen LogP contribution in [-0.4, -0.2) is 43.6 Å². The molecule has 0 aromatic carbocycles. The molecule has 1 fully saturated rings. The van der Waals surface area contributed by atoms with Gasteiger partial charge < -0.3 is 15.2 Å². The minimum Gasteiger partial charge on any atom is -0.359 e. The van der Waals surface area contributed by atoms with Gasteiger partial charge in [-0.25, -0.2) is 10.8 Å². The van der Waals surface area contributed by atoms with Crippen LogP contribution in [0.5, 0.6) is 0 Å². The molecule has 0 atom stereocenters. The fourth-order valence-corrected chi connectivity index (χ4v) is 2.44. The van der Waals surface area contributed by atoms with Crippen molar-refractivity contribution in [3.8, 4) is 0 Å². The SMILES string of the molecule is CN1CCC(CN(C)c2cccc(NN)n2)CC1. The maximum Gasteiger partial charge on any atom is 0.142 e. The van der Waals surface area contributed by atoms with Crippen LogP contribution in [0, 0.1) is 5.92 Å². The molecule has 1 saturated heterocycles. The lowest BCUT2D eigenvalue weighted by Gasteiger charge is -2.32. The Labute approximate surface area is 109 Å². The summed E-state index contributed by atoms with van der Waals surface area (Å²) in [4.78, 5) is 9.07. The van der Waals surface area contributed by atoms with Crippen molar-refractivity contribution in [2.24, 2.45) is 11.8 Å². The van der Waals surface area contributed by atoms with Crippen molar-refractivity contribution in [2.45, 2.75) is 12.8 Å². The van der Waals surface area contributed by atoms with Crippen LogP contribution in [0.15, 0.2) is 18.2 Å². The molecule has 5 heteroatoms. The van der Waals surface area contributed by atoms with Crippen molar-refractivity contribution in [1.82, 2.24) is 9.88 Å². The number of hydrazine groups is 1. The number of pyridine rings is 1. The van der Waals surface area contributed by atoms with Crippen LogP contribution < -0.4 is 16.2 Å². The highest BCUT2D eigenvalue weighted by molar-refractivity contribution is 5.45. The van der Waals surface area contributed by atoms with Gasteiger partial charge in [0.25, 0.3) is 0 Å². The Morgan fingerprint density at radius 1 is 1.44 bits per heavy atom. The molecule has 1 aromatic heterocycles. The van der Waals surface area contributed by atoms with Crippen molar-refractivity contribution in [2.75, 3.05) is 44.1 Å². The number of nitrogen functional groups attached to an aromatic ring is 1. The molecule has 0 saturated carbocycles. The molecule has 2 rings (SSSR count). The van der Waals surface area contributed by atoms with Gasteiger partial charge in [0, 0.05) is 13.6 Å². The van der Waals surface area contributed by atoms with E-state index in [2.05, 4.69) is 34.3 Å². The number of hydrogen-bond donors (Lipinski definition) is 2. The third kappa shape index (κ3) is 3.34. The molecule has 1 aromatic rings. The molecule has 18 heavy (non-hydrogen) atoms. The summed E-state index contributed by atoms with van der Waals surface area (Å²) >= 11 is 0. The normalized spacial score (nSPS) is 17.7. The summed E-state index contributed by atoms with van der Waals surface area (Å²) in [7, 11) is 4.29. The van der Waals surface area contributed by atoms with Gasteiger partial charge in [-0.3, -0.25) is 0 Å². The van der Waals surface area contributed by atoms with E-state index in [0.29, 0.717) is 5.82 Å². The van der Waals surface area contributed by atoms with Gasteiger partial charge in [-0.2, -0.15) is 0 Å². The zero-order valence-corrected chi connectivity index (χ0v) is 11.3. The van der Waals surface area contributed by atoms with E-state index in [9.17, 15) is 0 Å². The van der Waals surface area contributed by atoms with Crippen LogP contribution in [-0.2, 0) is 0 Å². The summed E-state index contributed by atoms with van der Waals surface area (Å²) in [5.41, 5.74) is 2.59. The molecule has 0 spiro atoms. The molecular formula is C13H23N5. The second-order valence-corrected chi connectivity index (χ2v) is 5.15. The Bertz CT molecular complexity index is 373. The number of nitrogens with zero attached hydrogens (tertiary/aromatic N) is 3. The van der Waals surface area contributed by atoms with Gasteiger partial charge in [0.1, 0.15) is 11.6 Å². The van der Waals surface area contributed by atoms with E-state index >= 15 is 0 Å². The Morgan fingerprint density at radius 2 is 2.17 bits per heavy atom. The summed E-state index contributed by atoms with van der Waals surface area (Å²) in [6.45, 7) is 3.47. The maximum atomic E-state index is 5.38. The molecule has 1 aliphatic heterocycles. The average molecular weight is 249 g/mol. The van der Waals surface area contributed by atoms with E-state index in [-0.39, 0.29) is 0 Å². The molecule has 0 aliphatic carbocycles. The summed E-state index contributed by atoms with van der Waals surface area (Å²) in [5, 5.41) is 0. The Hall–Kier alpha value is -1.33. The largest absolute Gasteiger partial charge is 0.359 e. The van der Waals surface area contributed by atoms with Crippen molar-refractivity contribution in [3.05, 3.63) is 18.2 Å². The predicted octanol–water partition coefficient (Wildman–Crippen LogP) is 1.15. The molecule has 0 unspecified atom stereocenters. The van der Waals surface area contributed by atoms with Gasteiger partial charge in [-0.15, -0.1) is 0 Å². The Morgan fingerprint density at radius 3 is 2.83 bits per heavy atom. The monoisotopic (exact) mass is 249 g/mol. The number of aromatic nitrogens is 1. The quantitative estimate of drug-likeness (QED) is 0.619. The summed E-state index contributed by atoms with van der Waals surface area (Å²) < 4.78 is 0. The van der Waals surface area contributed by atoms with Gasteiger partial charge in [0.05, 0.1) is 0 Å². The minimum atomic E-state index is 0.711. The van der Waals surface area contributed by atoms with Gasteiger partial charge >= 0.3 is 0 Å². The maximum absolute atomic E-state index is 5.38. The lowest BCUT2D eigenvalue weighted by Crippen LogP contribution is -2.36. The third-order valence-electron chi connectivity index (χ3n) is 3.64. The fourth-order valence-electron chi connectivity index (χ4n) is 2.44. The summed E-state index contributed by atoms with van der Waals surface area (Å²) in [5.74, 6) is 7.84. The highest BCUT2D eigenvalue weighted by Gasteiger charge is 2.18. The number of likely N-dealkylation sites (tertiary alicyclic amines) is 1. The topological polar surface area (TPSA) is 57.4 Å².